The topological polar surface area (TPSA) is 100 Å². The van der Waals surface area contributed by atoms with E-state index in [0.29, 0.717) is 6.42 Å². The zero-order chi connectivity index (χ0) is 12.4. The van der Waals surface area contributed by atoms with Gasteiger partial charge in [-0.25, -0.2) is 19.7 Å². The maximum absolute atomic E-state index is 11.6. The number of imide groups is 1. The lowest BCUT2D eigenvalue weighted by Gasteiger charge is -2.24. The highest BCUT2D eigenvalue weighted by atomic mass is 16.4. The molecule has 1 aliphatic heterocycles. The minimum absolute atomic E-state index is 0.199. The first-order valence-corrected chi connectivity index (χ1v) is 5.01. The Morgan fingerprint density at radius 2 is 1.76 bits per heavy atom. The van der Waals surface area contributed by atoms with Crippen LogP contribution in [0.25, 0.3) is 0 Å². The molecular weight excluding hydrogens is 226 g/mol. The van der Waals surface area contributed by atoms with Gasteiger partial charge >= 0.3 is 5.97 Å². The molecule has 1 fully saturated rings. The minimum Gasteiger partial charge on any atom is -0.476 e. The molecule has 1 N–H and O–H groups in total. The van der Waals surface area contributed by atoms with Crippen molar-refractivity contribution in [2.45, 2.75) is 19.3 Å². The van der Waals surface area contributed by atoms with Crippen molar-refractivity contribution in [2.75, 3.05) is 4.90 Å². The monoisotopic (exact) mass is 235 g/mol. The summed E-state index contributed by atoms with van der Waals surface area (Å²) in [5.41, 5.74) is -0.392. The van der Waals surface area contributed by atoms with Crippen LogP contribution in [-0.4, -0.2) is 32.9 Å². The molecule has 0 saturated carbocycles. The Bertz CT molecular complexity index is 484. The lowest BCUT2D eigenvalue weighted by atomic mass is 10.1. The third kappa shape index (κ3) is 1.99. The third-order valence-electron chi connectivity index (χ3n) is 2.37. The number of rotatable bonds is 2. The summed E-state index contributed by atoms with van der Waals surface area (Å²) in [6.07, 6.45) is 3.35. The van der Waals surface area contributed by atoms with Crippen molar-refractivity contribution in [1.82, 2.24) is 9.97 Å². The first kappa shape index (κ1) is 11.2. The standard InChI is InChI=1S/C10H9N3O4/c14-6-2-1-3-7(15)13(6)9-8(10(16)17)11-4-5-12-9/h4-5H,1-3H2,(H,16,17). The van der Waals surface area contributed by atoms with E-state index in [1.807, 2.05) is 0 Å². The molecular formula is C10H9N3O4. The Balaban J connectivity index is 2.48. The van der Waals surface area contributed by atoms with Crippen molar-refractivity contribution in [3.63, 3.8) is 0 Å². The molecule has 1 aromatic rings. The summed E-state index contributed by atoms with van der Waals surface area (Å²) in [5, 5.41) is 8.92. The molecule has 0 spiro atoms. The molecule has 0 unspecified atom stereocenters. The van der Waals surface area contributed by atoms with Gasteiger partial charge in [0.2, 0.25) is 11.8 Å². The number of aromatic nitrogens is 2. The van der Waals surface area contributed by atoms with Gasteiger partial charge in [-0.2, -0.15) is 0 Å². The van der Waals surface area contributed by atoms with Gasteiger partial charge in [0.25, 0.3) is 0 Å². The molecule has 17 heavy (non-hydrogen) atoms. The summed E-state index contributed by atoms with van der Waals surface area (Å²) in [6.45, 7) is 0. The van der Waals surface area contributed by atoms with E-state index in [-0.39, 0.29) is 18.7 Å². The molecule has 0 radical (unpaired) electrons. The van der Waals surface area contributed by atoms with Gasteiger partial charge in [-0.1, -0.05) is 0 Å². The lowest BCUT2D eigenvalue weighted by molar-refractivity contribution is -0.129. The minimum atomic E-state index is -1.32. The van der Waals surface area contributed by atoms with Gasteiger partial charge in [-0.05, 0) is 6.42 Å². The van der Waals surface area contributed by atoms with Crippen LogP contribution in [0.5, 0.6) is 0 Å². The third-order valence-corrected chi connectivity index (χ3v) is 2.37. The summed E-state index contributed by atoms with van der Waals surface area (Å²) >= 11 is 0. The van der Waals surface area contributed by atoms with Crippen LogP contribution in [0.4, 0.5) is 5.82 Å². The average Bonchev–Trinajstić information content (AvgIpc) is 2.29. The molecule has 7 heteroatoms. The Morgan fingerprint density at radius 3 is 2.35 bits per heavy atom. The van der Waals surface area contributed by atoms with Gasteiger partial charge in [-0.3, -0.25) is 9.59 Å². The van der Waals surface area contributed by atoms with Crippen molar-refractivity contribution in [1.29, 1.82) is 0 Å². The summed E-state index contributed by atoms with van der Waals surface area (Å²) in [7, 11) is 0. The molecule has 1 saturated heterocycles. The second-order valence-electron chi connectivity index (χ2n) is 3.51. The molecule has 0 aliphatic carbocycles. The zero-order valence-electron chi connectivity index (χ0n) is 8.79. The second kappa shape index (κ2) is 4.28. The highest BCUT2D eigenvalue weighted by molar-refractivity contribution is 6.17. The van der Waals surface area contributed by atoms with Crippen LogP contribution in [0.15, 0.2) is 12.4 Å². The number of hydrogen-bond acceptors (Lipinski definition) is 5. The van der Waals surface area contributed by atoms with Gasteiger partial charge in [0.15, 0.2) is 11.5 Å². The van der Waals surface area contributed by atoms with Crippen LogP contribution >= 0.6 is 0 Å². The molecule has 0 aromatic carbocycles. The molecule has 88 valence electrons. The zero-order valence-corrected chi connectivity index (χ0v) is 8.79. The number of hydrogen-bond donors (Lipinski definition) is 1. The van der Waals surface area contributed by atoms with E-state index in [9.17, 15) is 14.4 Å². The number of piperidine rings is 1. The van der Waals surface area contributed by atoms with Crippen molar-refractivity contribution >= 4 is 23.6 Å². The first-order valence-electron chi connectivity index (χ1n) is 5.01. The smallest absolute Gasteiger partial charge is 0.358 e. The Morgan fingerprint density at radius 1 is 1.18 bits per heavy atom. The Hall–Kier alpha value is -2.31. The fourth-order valence-corrected chi connectivity index (χ4v) is 1.63. The average molecular weight is 235 g/mol. The molecule has 2 heterocycles. The fraction of sp³-hybridized carbons (Fsp3) is 0.300. The molecule has 1 aromatic heterocycles. The van der Waals surface area contributed by atoms with E-state index in [2.05, 4.69) is 9.97 Å². The van der Waals surface area contributed by atoms with Crippen LogP contribution in [0.1, 0.15) is 29.8 Å². The van der Waals surface area contributed by atoms with Crippen LogP contribution in [0.3, 0.4) is 0 Å². The van der Waals surface area contributed by atoms with Crippen molar-refractivity contribution < 1.29 is 19.5 Å². The van der Waals surface area contributed by atoms with E-state index in [1.54, 1.807) is 0 Å². The van der Waals surface area contributed by atoms with Crippen LogP contribution in [0.2, 0.25) is 0 Å². The van der Waals surface area contributed by atoms with E-state index in [0.717, 1.165) is 4.90 Å². The van der Waals surface area contributed by atoms with E-state index in [1.165, 1.54) is 12.4 Å². The lowest BCUT2D eigenvalue weighted by Crippen LogP contribution is -2.41. The number of aromatic carboxylic acids is 1. The molecule has 2 amide bonds. The second-order valence-corrected chi connectivity index (χ2v) is 3.51. The highest BCUT2D eigenvalue weighted by Gasteiger charge is 2.32. The molecule has 0 atom stereocenters. The Kier molecular flexibility index (Phi) is 2.82. The number of anilines is 1. The first-order chi connectivity index (χ1) is 8.11. The molecule has 2 rings (SSSR count). The van der Waals surface area contributed by atoms with Crippen LogP contribution in [-0.2, 0) is 9.59 Å². The number of carboxylic acids is 1. The quantitative estimate of drug-likeness (QED) is 0.736. The van der Waals surface area contributed by atoms with Gasteiger partial charge < -0.3 is 5.11 Å². The summed E-state index contributed by atoms with van der Waals surface area (Å²) < 4.78 is 0. The van der Waals surface area contributed by atoms with Gasteiger partial charge in [-0.15, -0.1) is 0 Å². The Labute approximate surface area is 96.1 Å². The maximum Gasteiger partial charge on any atom is 0.358 e. The van der Waals surface area contributed by atoms with Crippen molar-refractivity contribution in [3.8, 4) is 0 Å². The summed E-state index contributed by atoms with van der Waals surface area (Å²) in [4.78, 5) is 42.4. The molecule has 1 aliphatic rings. The van der Waals surface area contributed by atoms with Gasteiger partial charge in [0, 0.05) is 25.2 Å². The van der Waals surface area contributed by atoms with E-state index >= 15 is 0 Å². The van der Waals surface area contributed by atoms with Crippen LogP contribution < -0.4 is 4.90 Å². The van der Waals surface area contributed by atoms with Crippen molar-refractivity contribution in [2.24, 2.45) is 0 Å². The number of carboxylic acid groups (broad SMARTS) is 1. The summed E-state index contributed by atoms with van der Waals surface area (Å²) in [5.74, 6) is -2.40. The molecule has 0 bridgehead atoms. The van der Waals surface area contributed by atoms with Gasteiger partial charge in [0.05, 0.1) is 0 Å². The number of carbonyl (C=O) groups is 3. The largest absolute Gasteiger partial charge is 0.476 e. The maximum atomic E-state index is 11.6. The normalized spacial score (nSPS) is 16.1. The highest BCUT2D eigenvalue weighted by Crippen LogP contribution is 2.22. The number of carbonyl (C=O) groups excluding carboxylic acids is 2. The molecule has 7 nitrogen and oxygen atoms in total. The number of nitrogens with zero attached hydrogens (tertiary/aromatic N) is 3. The predicted octanol–water partition coefficient (Wildman–Crippen LogP) is 0.218. The summed E-state index contributed by atoms with van der Waals surface area (Å²) in [6, 6.07) is 0. The van der Waals surface area contributed by atoms with Crippen LogP contribution in [0, 0.1) is 0 Å². The van der Waals surface area contributed by atoms with E-state index in [4.69, 9.17) is 5.11 Å². The fourth-order valence-electron chi connectivity index (χ4n) is 1.63. The van der Waals surface area contributed by atoms with Crippen molar-refractivity contribution in [3.05, 3.63) is 18.1 Å². The predicted molar refractivity (Wildman–Crippen MR) is 55.3 cm³/mol. The van der Waals surface area contributed by atoms with Gasteiger partial charge in [0.1, 0.15) is 0 Å². The SMILES string of the molecule is O=C(O)c1nccnc1N1C(=O)CCCC1=O. The number of amides is 2. The van der Waals surface area contributed by atoms with E-state index < -0.39 is 23.5 Å².